The molecule has 2 fully saturated rings. The van der Waals surface area contributed by atoms with Gasteiger partial charge in [0.1, 0.15) is 0 Å². The van der Waals surface area contributed by atoms with Crippen LogP contribution in [-0.4, -0.2) is 22.1 Å². The lowest BCUT2D eigenvalue weighted by Gasteiger charge is -2.34. The van der Waals surface area contributed by atoms with Crippen LogP contribution in [0.1, 0.15) is 57.8 Å². The molecule has 3 rings (SSSR count). The fourth-order valence-electron chi connectivity index (χ4n) is 3.80. The summed E-state index contributed by atoms with van der Waals surface area (Å²) in [5.41, 5.74) is 3.67. The Labute approximate surface area is 102 Å². The lowest BCUT2D eigenvalue weighted by Crippen LogP contribution is -2.36. The van der Waals surface area contributed by atoms with Crippen LogP contribution in [-0.2, 0) is 4.74 Å². The number of ether oxygens (including phenoxy) is 1. The molecule has 1 saturated carbocycles. The summed E-state index contributed by atoms with van der Waals surface area (Å²) in [6.07, 6.45) is 12.5. The van der Waals surface area contributed by atoms with E-state index in [1.807, 2.05) is 11.1 Å². The molecular weight excluding hydrogens is 212 g/mol. The van der Waals surface area contributed by atoms with Gasteiger partial charge in [0.25, 0.3) is 0 Å². The van der Waals surface area contributed by atoms with E-state index in [2.05, 4.69) is 0 Å². The topological polar surface area (TPSA) is 9.23 Å². The minimum atomic E-state index is 0.341. The molecule has 0 aromatic rings. The van der Waals surface area contributed by atoms with E-state index in [1.54, 1.807) is 0 Å². The third-order valence-corrected chi connectivity index (χ3v) is 6.22. The van der Waals surface area contributed by atoms with Gasteiger partial charge in [0.15, 0.2) is 0 Å². The van der Waals surface area contributed by atoms with Crippen molar-refractivity contribution < 1.29 is 4.74 Å². The van der Waals surface area contributed by atoms with Gasteiger partial charge in [-0.1, -0.05) is 11.1 Å². The molecule has 0 radical (unpaired) electrons. The largest absolute Gasteiger partial charge is 0.380 e. The Balaban J connectivity index is 1.56. The first-order chi connectivity index (χ1) is 7.75. The average Bonchev–Trinajstić information content (AvgIpc) is 2.89. The monoisotopic (exact) mass is 236 g/mol. The number of hydrogen-bond acceptors (Lipinski definition) is 1. The summed E-state index contributed by atoms with van der Waals surface area (Å²) >= 11 is 0. The lowest BCUT2D eigenvalue weighted by atomic mass is 9.93. The van der Waals surface area contributed by atoms with Crippen LogP contribution in [0.2, 0.25) is 0 Å². The van der Waals surface area contributed by atoms with Crippen LogP contribution in [0.5, 0.6) is 0 Å². The van der Waals surface area contributed by atoms with E-state index >= 15 is 0 Å². The lowest BCUT2D eigenvalue weighted by molar-refractivity contribution is -0.0224. The number of fused-ring (bicyclic) bond motifs is 2. The van der Waals surface area contributed by atoms with Crippen molar-refractivity contribution in [1.82, 2.24) is 0 Å². The molecule has 1 nitrogen and oxygen atoms in total. The molecule has 0 aromatic heterocycles. The molecule has 2 atom stereocenters. The highest BCUT2D eigenvalue weighted by molar-refractivity contribution is 6.14. The van der Waals surface area contributed by atoms with E-state index in [0.717, 1.165) is 12.5 Å². The van der Waals surface area contributed by atoms with E-state index in [0.29, 0.717) is 5.22 Å². The van der Waals surface area contributed by atoms with Gasteiger partial charge in [-0.25, -0.2) is 0 Å². The second-order valence-corrected chi connectivity index (χ2v) is 8.10. The Morgan fingerprint density at radius 3 is 2.88 bits per heavy atom. The number of rotatable bonds is 3. The van der Waals surface area contributed by atoms with Crippen molar-refractivity contribution >= 4 is 10.2 Å². The predicted molar refractivity (Wildman–Crippen MR) is 70.7 cm³/mol. The molecule has 2 aliphatic carbocycles. The second-order valence-electron chi connectivity index (χ2n) is 6.28. The van der Waals surface area contributed by atoms with E-state index in [4.69, 9.17) is 4.74 Å². The summed E-state index contributed by atoms with van der Waals surface area (Å²) in [6, 6.07) is 0. The van der Waals surface area contributed by atoms with Gasteiger partial charge in [-0.05, 0) is 63.7 Å². The van der Waals surface area contributed by atoms with Crippen molar-refractivity contribution in [1.29, 1.82) is 0 Å². The molecule has 2 bridgehead atoms. The summed E-state index contributed by atoms with van der Waals surface area (Å²) in [5, 5.41) is 0.341. The van der Waals surface area contributed by atoms with Crippen LogP contribution in [0.3, 0.4) is 0 Å². The van der Waals surface area contributed by atoms with Crippen LogP contribution in [0.4, 0.5) is 0 Å². The molecule has 0 amide bonds. The maximum Gasteiger partial charge on any atom is 0.0489 e. The minimum Gasteiger partial charge on any atom is -0.380 e. The zero-order valence-corrected chi connectivity index (χ0v) is 12.6. The second kappa shape index (κ2) is 4.30. The van der Waals surface area contributed by atoms with Crippen molar-refractivity contribution in [2.45, 2.75) is 63.0 Å². The molecular formula is C14H24OSi. The van der Waals surface area contributed by atoms with Gasteiger partial charge >= 0.3 is 0 Å². The first kappa shape index (κ1) is 11.0. The fraction of sp³-hybridized carbons (Fsp3) is 0.857. The first-order valence-electron chi connectivity index (χ1n) is 7.09. The number of allylic oxidation sites excluding steroid dienone is 2. The molecule has 1 aliphatic heterocycles. The molecule has 16 heavy (non-hydrogen) atoms. The summed E-state index contributed by atoms with van der Waals surface area (Å²) < 4.78 is 6.04. The summed E-state index contributed by atoms with van der Waals surface area (Å²) in [7, 11) is 1.22. The summed E-state index contributed by atoms with van der Waals surface area (Å²) in [6.45, 7) is 1.03. The molecule has 0 spiro atoms. The van der Waals surface area contributed by atoms with Crippen LogP contribution < -0.4 is 0 Å². The SMILES string of the molecule is [SiH3]C1(CCC2=C3CCC(C3)C2)CCCCO1. The third-order valence-electron chi connectivity index (χ3n) is 4.93. The van der Waals surface area contributed by atoms with Gasteiger partial charge < -0.3 is 4.74 Å². The highest BCUT2D eigenvalue weighted by atomic mass is 28.1. The van der Waals surface area contributed by atoms with Crippen LogP contribution >= 0.6 is 0 Å². The molecule has 0 aromatic carbocycles. The van der Waals surface area contributed by atoms with Crippen molar-refractivity contribution in [2.24, 2.45) is 5.92 Å². The maximum absolute atomic E-state index is 6.04. The summed E-state index contributed by atoms with van der Waals surface area (Å²) in [5.74, 6) is 1.04. The molecule has 2 heteroatoms. The Morgan fingerprint density at radius 2 is 2.25 bits per heavy atom. The Bertz CT molecular complexity index is 302. The minimum absolute atomic E-state index is 0.341. The molecule has 90 valence electrons. The molecule has 1 saturated heterocycles. The van der Waals surface area contributed by atoms with Gasteiger partial charge in [-0.15, -0.1) is 0 Å². The Hall–Kier alpha value is -0.0831. The van der Waals surface area contributed by atoms with Gasteiger partial charge in [0.2, 0.25) is 0 Å². The van der Waals surface area contributed by atoms with E-state index in [1.165, 1.54) is 68.0 Å². The maximum atomic E-state index is 6.04. The molecule has 3 aliphatic rings. The zero-order chi connectivity index (χ0) is 11.0. The van der Waals surface area contributed by atoms with Crippen LogP contribution in [0.15, 0.2) is 11.1 Å². The third kappa shape index (κ3) is 2.14. The van der Waals surface area contributed by atoms with Crippen molar-refractivity contribution in [2.75, 3.05) is 6.61 Å². The van der Waals surface area contributed by atoms with Gasteiger partial charge in [0.05, 0.1) is 0 Å². The van der Waals surface area contributed by atoms with E-state index in [9.17, 15) is 0 Å². The highest BCUT2D eigenvalue weighted by Gasteiger charge is 2.32. The van der Waals surface area contributed by atoms with Crippen molar-refractivity contribution in [3.63, 3.8) is 0 Å². The van der Waals surface area contributed by atoms with Crippen LogP contribution in [0, 0.1) is 5.92 Å². The highest BCUT2D eigenvalue weighted by Crippen LogP contribution is 2.46. The van der Waals surface area contributed by atoms with Crippen molar-refractivity contribution in [3.8, 4) is 0 Å². The van der Waals surface area contributed by atoms with Crippen molar-refractivity contribution in [3.05, 3.63) is 11.1 Å². The Kier molecular flexibility index (Phi) is 2.97. The standard InChI is InChI=1S/C14H24OSi/c16-14(6-1-2-8-15-14)7-5-13-10-11-3-4-12(13)9-11/h11H,1-10H2,16H3. The van der Waals surface area contributed by atoms with Gasteiger partial charge in [0, 0.05) is 22.1 Å². The normalized spacial score (nSPS) is 38.6. The first-order valence-corrected chi connectivity index (χ1v) is 8.09. The average molecular weight is 236 g/mol. The van der Waals surface area contributed by atoms with Gasteiger partial charge in [-0.3, -0.25) is 0 Å². The summed E-state index contributed by atoms with van der Waals surface area (Å²) in [4.78, 5) is 0. The predicted octanol–water partition coefficient (Wildman–Crippen LogP) is 2.53. The zero-order valence-electron chi connectivity index (χ0n) is 10.6. The fourth-order valence-corrected chi connectivity index (χ4v) is 4.61. The molecule has 0 N–H and O–H groups in total. The smallest absolute Gasteiger partial charge is 0.0489 e. The Morgan fingerprint density at radius 1 is 1.31 bits per heavy atom. The molecule has 1 heterocycles. The number of hydrogen-bond donors (Lipinski definition) is 0. The van der Waals surface area contributed by atoms with Crippen LogP contribution in [0.25, 0.3) is 0 Å². The van der Waals surface area contributed by atoms with Gasteiger partial charge in [-0.2, -0.15) is 0 Å². The molecule has 2 unspecified atom stereocenters. The quantitative estimate of drug-likeness (QED) is 0.540. The van der Waals surface area contributed by atoms with E-state index < -0.39 is 0 Å². The van der Waals surface area contributed by atoms with E-state index in [-0.39, 0.29) is 0 Å².